The molecule has 0 atom stereocenters. The third-order valence-corrected chi connectivity index (χ3v) is 3.94. The number of urea groups is 1. The molecule has 0 heterocycles. The van der Waals surface area contributed by atoms with Crippen LogP contribution in [0.25, 0.3) is 0 Å². The van der Waals surface area contributed by atoms with Crippen LogP contribution in [0, 0.1) is 5.92 Å². The first-order valence-corrected chi connectivity index (χ1v) is 7.94. The number of hydrogen-bond donors (Lipinski definition) is 1. The van der Waals surface area contributed by atoms with Crippen LogP contribution in [0.5, 0.6) is 0 Å². The summed E-state index contributed by atoms with van der Waals surface area (Å²) < 4.78 is 0. The fourth-order valence-corrected chi connectivity index (χ4v) is 2.55. The van der Waals surface area contributed by atoms with Gasteiger partial charge in [-0.15, -0.1) is 0 Å². The Morgan fingerprint density at radius 3 is 1.86 bits per heavy atom. The van der Waals surface area contributed by atoms with Crippen LogP contribution in [0.2, 0.25) is 0 Å². The zero-order chi connectivity index (χ0) is 16.8. The third kappa shape index (κ3) is 4.90. The van der Waals surface area contributed by atoms with E-state index >= 15 is 0 Å². The lowest BCUT2D eigenvalue weighted by atomic mass is 10.0. The predicted molar refractivity (Wildman–Crippen MR) is 85.4 cm³/mol. The molecule has 1 N–H and O–H groups in total. The van der Waals surface area contributed by atoms with Crippen LogP contribution >= 0.6 is 0 Å². The second kappa shape index (κ2) is 8.25. The summed E-state index contributed by atoms with van der Waals surface area (Å²) in [5.74, 6) is -0.632. The molecule has 5 heteroatoms. The fraction of sp³-hybridized carbons (Fsp3) is 0.875. The lowest BCUT2D eigenvalue weighted by molar-refractivity contribution is -0.147. The van der Waals surface area contributed by atoms with Crippen LogP contribution < -0.4 is 0 Å². The van der Waals surface area contributed by atoms with Crippen molar-refractivity contribution in [3.05, 3.63) is 0 Å². The zero-order valence-corrected chi connectivity index (χ0v) is 14.6. The molecule has 5 nitrogen and oxygen atoms in total. The Balaban J connectivity index is 5.46. The molecule has 0 spiro atoms. The highest BCUT2D eigenvalue weighted by Gasteiger charge is 2.39. The first-order valence-electron chi connectivity index (χ1n) is 7.94. The molecule has 0 bridgehead atoms. The van der Waals surface area contributed by atoms with E-state index in [1.165, 1.54) is 4.90 Å². The molecule has 21 heavy (non-hydrogen) atoms. The van der Waals surface area contributed by atoms with E-state index in [1.54, 1.807) is 13.8 Å². The van der Waals surface area contributed by atoms with E-state index in [1.807, 2.05) is 11.8 Å². The number of carbonyl (C=O) groups excluding carboxylic acids is 1. The number of nitrogens with zero attached hydrogens (tertiary/aromatic N) is 2. The maximum Gasteiger partial charge on any atom is 0.329 e. The van der Waals surface area contributed by atoms with Crippen LogP contribution in [0.3, 0.4) is 0 Å². The van der Waals surface area contributed by atoms with Crippen molar-refractivity contribution in [1.29, 1.82) is 0 Å². The Labute approximate surface area is 129 Å². The third-order valence-electron chi connectivity index (χ3n) is 3.94. The van der Waals surface area contributed by atoms with Crippen LogP contribution in [0.1, 0.15) is 61.3 Å². The molecule has 0 saturated carbocycles. The number of carboxylic acids is 1. The molecule has 0 rings (SSSR count). The van der Waals surface area contributed by atoms with Gasteiger partial charge in [-0.3, -0.25) is 0 Å². The number of amides is 2. The largest absolute Gasteiger partial charge is 0.480 e. The zero-order valence-electron chi connectivity index (χ0n) is 14.6. The standard InChI is InChI=1S/C16H32N2O3/c1-8-13(9-2)17(11-12(4)5)15(21)18(10-3)16(6,7)14(19)20/h12-13H,8-11H2,1-7H3,(H,19,20). The molecular weight excluding hydrogens is 268 g/mol. The van der Waals surface area contributed by atoms with Gasteiger partial charge in [-0.05, 0) is 39.5 Å². The number of hydrogen-bond acceptors (Lipinski definition) is 2. The van der Waals surface area contributed by atoms with Crippen LogP contribution in [-0.4, -0.2) is 51.6 Å². The van der Waals surface area contributed by atoms with Gasteiger partial charge in [0.05, 0.1) is 0 Å². The van der Waals surface area contributed by atoms with Gasteiger partial charge in [0, 0.05) is 19.1 Å². The van der Waals surface area contributed by atoms with Crippen LogP contribution in [-0.2, 0) is 4.79 Å². The van der Waals surface area contributed by atoms with Gasteiger partial charge in [-0.2, -0.15) is 0 Å². The van der Waals surface area contributed by atoms with E-state index in [4.69, 9.17) is 0 Å². The monoisotopic (exact) mass is 300 g/mol. The summed E-state index contributed by atoms with van der Waals surface area (Å²) in [5.41, 5.74) is -1.20. The lowest BCUT2D eigenvalue weighted by Crippen LogP contribution is -2.59. The number of aliphatic carboxylic acids is 1. The van der Waals surface area contributed by atoms with Crippen LogP contribution in [0.15, 0.2) is 0 Å². The SMILES string of the molecule is CCC(CC)N(CC(C)C)C(=O)N(CC)C(C)(C)C(=O)O. The lowest BCUT2D eigenvalue weighted by Gasteiger charge is -2.41. The Morgan fingerprint density at radius 2 is 1.57 bits per heavy atom. The molecule has 0 aliphatic heterocycles. The quantitative estimate of drug-likeness (QED) is 0.747. The average Bonchev–Trinajstić information content (AvgIpc) is 2.38. The van der Waals surface area contributed by atoms with Gasteiger partial charge in [0.25, 0.3) is 0 Å². The molecule has 0 saturated heterocycles. The number of carboxylic acid groups (broad SMARTS) is 1. The molecule has 124 valence electrons. The summed E-state index contributed by atoms with van der Waals surface area (Å²) in [6.07, 6.45) is 1.75. The minimum absolute atomic E-state index is 0.151. The Morgan fingerprint density at radius 1 is 1.10 bits per heavy atom. The molecule has 0 aliphatic rings. The van der Waals surface area contributed by atoms with E-state index < -0.39 is 11.5 Å². The van der Waals surface area contributed by atoms with Gasteiger partial charge < -0.3 is 14.9 Å². The average molecular weight is 300 g/mol. The first-order chi connectivity index (χ1) is 9.63. The molecular formula is C16H32N2O3. The van der Waals surface area contributed by atoms with Gasteiger partial charge in [0.2, 0.25) is 0 Å². The van der Waals surface area contributed by atoms with E-state index in [-0.39, 0.29) is 12.1 Å². The summed E-state index contributed by atoms with van der Waals surface area (Å²) in [5, 5.41) is 9.40. The fourth-order valence-electron chi connectivity index (χ4n) is 2.55. The molecule has 0 aromatic heterocycles. The summed E-state index contributed by atoms with van der Waals surface area (Å²) in [6, 6.07) is -0.0224. The maximum absolute atomic E-state index is 12.9. The Hall–Kier alpha value is -1.26. The number of rotatable bonds is 8. The highest BCUT2D eigenvalue weighted by atomic mass is 16.4. The molecule has 2 amide bonds. The van der Waals surface area contributed by atoms with Crippen molar-refractivity contribution in [2.24, 2.45) is 5.92 Å². The smallest absolute Gasteiger partial charge is 0.329 e. The highest BCUT2D eigenvalue weighted by Crippen LogP contribution is 2.21. The molecule has 0 unspecified atom stereocenters. The molecule has 0 aliphatic carbocycles. The second-order valence-electron chi connectivity index (χ2n) is 6.41. The molecule has 0 radical (unpaired) electrons. The van der Waals surface area contributed by atoms with E-state index in [0.717, 1.165) is 12.8 Å². The molecule has 0 fully saturated rings. The summed E-state index contributed by atoms with van der Waals surface area (Å²) in [4.78, 5) is 27.7. The van der Waals surface area contributed by atoms with Crippen LogP contribution in [0.4, 0.5) is 4.79 Å². The van der Waals surface area contributed by atoms with Gasteiger partial charge >= 0.3 is 12.0 Å². The van der Waals surface area contributed by atoms with Crippen molar-refractivity contribution in [3.8, 4) is 0 Å². The summed E-state index contributed by atoms with van der Waals surface area (Å²) in [7, 11) is 0. The minimum atomic E-state index is -1.20. The van der Waals surface area contributed by atoms with Crippen molar-refractivity contribution in [2.45, 2.75) is 72.9 Å². The number of likely N-dealkylation sites (N-methyl/N-ethyl adjacent to an activating group) is 1. The normalized spacial score (nSPS) is 11.9. The van der Waals surface area contributed by atoms with E-state index in [0.29, 0.717) is 19.0 Å². The first kappa shape index (κ1) is 19.7. The molecule has 0 aromatic rings. The number of carbonyl (C=O) groups is 2. The van der Waals surface area contributed by atoms with Crippen molar-refractivity contribution in [1.82, 2.24) is 9.80 Å². The summed E-state index contributed by atoms with van der Waals surface area (Å²) in [6.45, 7) is 14.3. The topological polar surface area (TPSA) is 60.9 Å². The minimum Gasteiger partial charge on any atom is -0.480 e. The van der Waals surface area contributed by atoms with Gasteiger partial charge in [-0.1, -0.05) is 27.7 Å². The molecule has 0 aromatic carbocycles. The van der Waals surface area contributed by atoms with Gasteiger partial charge in [-0.25, -0.2) is 9.59 Å². The van der Waals surface area contributed by atoms with E-state index in [9.17, 15) is 14.7 Å². The predicted octanol–water partition coefficient (Wildman–Crippen LogP) is 3.44. The Kier molecular flexibility index (Phi) is 7.75. The Bertz CT molecular complexity index is 349. The highest BCUT2D eigenvalue weighted by molar-refractivity contribution is 5.85. The van der Waals surface area contributed by atoms with E-state index in [2.05, 4.69) is 27.7 Å². The second-order valence-corrected chi connectivity index (χ2v) is 6.41. The van der Waals surface area contributed by atoms with Gasteiger partial charge in [0.15, 0.2) is 0 Å². The van der Waals surface area contributed by atoms with Crippen molar-refractivity contribution in [2.75, 3.05) is 13.1 Å². The van der Waals surface area contributed by atoms with Crippen molar-refractivity contribution >= 4 is 12.0 Å². The summed E-state index contributed by atoms with van der Waals surface area (Å²) >= 11 is 0. The van der Waals surface area contributed by atoms with Gasteiger partial charge in [0.1, 0.15) is 5.54 Å². The van der Waals surface area contributed by atoms with Crippen molar-refractivity contribution < 1.29 is 14.7 Å². The maximum atomic E-state index is 12.9. The van der Waals surface area contributed by atoms with Crippen molar-refractivity contribution in [3.63, 3.8) is 0 Å².